The van der Waals surface area contributed by atoms with E-state index in [9.17, 15) is 19.5 Å². The van der Waals surface area contributed by atoms with Gasteiger partial charge in [-0.1, -0.05) is 47.3 Å². The number of fused-ring (bicyclic) bond motifs is 1. The highest BCUT2D eigenvalue weighted by atomic mass is 79.9. The summed E-state index contributed by atoms with van der Waals surface area (Å²) in [6.45, 7) is 8.67. The van der Waals surface area contributed by atoms with E-state index in [-0.39, 0.29) is 35.9 Å². The maximum Gasteiger partial charge on any atom is 0.312 e. The van der Waals surface area contributed by atoms with Crippen molar-refractivity contribution in [2.45, 2.75) is 99.2 Å². The number of amides is 2. The van der Waals surface area contributed by atoms with Gasteiger partial charge in [-0.15, -0.1) is 13.2 Å². The number of carbonyl (C=O) groups is 3. The molecule has 3 heterocycles. The van der Waals surface area contributed by atoms with Crippen molar-refractivity contribution in [1.29, 1.82) is 0 Å². The average Bonchev–Trinajstić information content (AvgIpc) is 3.51. The number of aliphatic hydroxyl groups is 1. The summed E-state index contributed by atoms with van der Waals surface area (Å²) in [7, 11) is 0. The quantitative estimate of drug-likeness (QED) is 0.142. The SMILES string of the molecule is C=CCCCCOC(=O)[C@H]1[C@@H]2OC3(CC2Br)C(C(=O)N(CC=C)C2CCCCC2)N(CCCCO)C(=O)[C@H]13. The molecule has 8 nitrogen and oxygen atoms in total. The lowest BCUT2D eigenvalue weighted by Gasteiger charge is -2.41. The molecular formula is C29H43BrN2O6. The normalized spacial score (nSPS) is 32.3. The summed E-state index contributed by atoms with van der Waals surface area (Å²) in [5, 5.41) is 9.37. The highest BCUT2D eigenvalue weighted by molar-refractivity contribution is 9.09. The van der Waals surface area contributed by atoms with Gasteiger partial charge < -0.3 is 24.4 Å². The van der Waals surface area contributed by atoms with Crippen LogP contribution < -0.4 is 0 Å². The van der Waals surface area contributed by atoms with E-state index in [0.717, 1.165) is 44.9 Å². The molecule has 0 radical (unpaired) electrons. The van der Waals surface area contributed by atoms with Gasteiger partial charge in [-0.3, -0.25) is 14.4 Å². The van der Waals surface area contributed by atoms with E-state index in [2.05, 4.69) is 29.1 Å². The smallest absolute Gasteiger partial charge is 0.312 e. The van der Waals surface area contributed by atoms with Crippen LogP contribution in [0.3, 0.4) is 0 Å². The van der Waals surface area contributed by atoms with Crippen LogP contribution in [0.25, 0.3) is 0 Å². The predicted molar refractivity (Wildman–Crippen MR) is 148 cm³/mol. The van der Waals surface area contributed by atoms with Crippen molar-refractivity contribution in [3.8, 4) is 0 Å². The van der Waals surface area contributed by atoms with E-state index in [1.165, 1.54) is 6.42 Å². The molecule has 9 heteroatoms. The van der Waals surface area contributed by atoms with Crippen LogP contribution in [0.5, 0.6) is 0 Å². The largest absolute Gasteiger partial charge is 0.465 e. The van der Waals surface area contributed by atoms with Gasteiger partial charge in [0.25, 0.3) is 0 Å². The van der Waals surface area contributed by atoms with E-state index in [1.807, 2.05) is 11.0 Å². The lowest BCUT2D eigenvalue weighted by Crippen LogP contribution is -2.58. The second-order valence-electron chi connectivity index (χ2n) is 11.1. The van der Waals surface area contributed by atoms with Crippen molar-refractivity contribution in [2.24, 2.45) is 11.8 Å². The van der Waals surface area contributed by atoms with Gasteiger partial charge in [-0.2, -0.15) is 0 Å². The molecule has 1 N–H and O–H groups in total. The first-order chi connectivity index (χ1) is 18.4. The average molecular weight is 596 g/mol. The van der Waals surface area contributed by atoms with E-state index in [1.54, 1.807) is 11.0 Å². The van der Waals surface area contributed by atoms with Gasteiger partial charge in [0.05, 0.1) is 24.5 Å². The third-order valence-corrected chi connectivity index (χ3v) is 9.62. The molecule has 1 spiro atoms. The number of esters is 1. The first-order valence-corrected chi connectivity index (χ1v) is 15.2. The van der Waals surface area contributed by atoms with Gasteiger partial charge in [0.2, 0.25) is 11.8 Å². The van der Waals surface area contributed by atoms with E-state index >= 15 is 0 Å². The number of unbranched alkanes of at least 4 members (excludes halogenated alkanes) is 3. The Bertz CT molecular complexity index is 892. The molecule has 0 aromatic rings. The number of hydrogen-bond acceptors (Lipinski definition) is 6. The summed E-state index contributed by atoms with van der Waals surface area (Å²) in [5.41, 5.74) is -1.08. The molecule has 212 valence electrons. The number of carbonyl (C=O) groups excluding carboxylic acids is 3. The molecule has 1 saturated carbocycles. The third-order valence-electron chi connectivity index (χ3n) is 8.77. The van der Waals surface area contributed by atoms with Gasteiger partial charge in [-0.25, -0.2) is 0 Å². The van der Waals surface area contributed by atoms with Gasteiger partial charge in [0.15, 0.2) is 0 Å². The van der Waals surface area contributed by atoms with Gasteiger partial charge in [0, 0.05) is 30.6 Å². The van der Waals surface area contributed by atoms with Crippen molar-refractivity contribution in [3.05, 3.63) is 25.3 Å². The molecule has 0 aromatic carbocycles. The summed E-state index contributed by atoms with van der Waals surface area (Å²) < 4.78 is 12.2. The Labute approximate surface area is 234 Å². The number of rotatable bonds is 14. The Morgan fingerprint density at radius 3 is 2.61 bits per heavy atom. The molecule has 2 bridgehead atoms. The number of ether oxygens (including phenoxy) is 2. The van der Waals surface area contributed by atoms with Crippen LogP contribution in [0.2, 0.25) is 0 Å². The second-order valence-corrected chi connectivity index (χ2v) is 12.3. The van der Waals surface area contributed by atoms with Crippen LogP contribution in [0.4, 0.5) is 0 Å². The maximum absolute atomic E-state index is 14.4. The summed E-state index contributed by atoms with van der Waals surface area (Å²) >= 11 is 3.71. The highest BCUT2D eigenvalue weighted by Gasteiger charge is 2.77. The molecule has 2 amide bonds. The van der Waals surface area contributed by atoms with E-state index in [0.29, 0.717) is 32.4 Å². The standard InChI is InChI=1S/C29H43BrN2O6/c1-3-5-6-12-18-37-28(36)22-23-26(34)32(16-10-11-17-33)25(29(23)19-21(30)24(22)38-29)27(35)31(15-4-2)20-13-8-7-9-14-20/h3-4,20-25,33H,1-2,5-19H2/t21?,22-,23+,24-,25?,29?/m1/s1. The maximum atomic E-state index is 14.4. The number of allylic oxidation sites excluding steroid dienone is 1. The van der Waals surface area contributed by atoms with Crippen LogP contribution in [-0.2, 0) is 23.9 Å². The molecular weight excluding hydrogens is 552 g/mol. The molecule has 1 aliphatic carbocycles. The number of aliphatic hydroxyl groups excluding tert-OH is 1. The number of halogens is 1. The number of hydrogen-bond donors (Lipinski definition) is 1. The minimum Gasteiger partial charge on any atom is -0.465 e. The summed E-state index contributed by atoms with van der Waals surface area (Å²) in [6.07, 6.45) is 12.3. The molecule has 4 aliphatic rings. The van der Waals surface area contributed by atoms with Crippen LogP contribution >= 0.6 is 15.9 Å². The fourth-order valence-corrected chi connectivity index (χ4v) is 8.02. The fourth-order valence-electron chi connectivity index (χ4n) is 7.08. The lowest BCUT2D eigenvalue weighted by atomic mass is 9.70. The van der Waals surface area contributed by atoms with Gasteiger partial charge in [0.1, 0.15) is 11.6 Å². The number of alkyl halides is 1. The summed E-state index contributed by atoms with van der Waals surface area (Å²) in [5.74, 6) is -2.24. The van der Waals surface area contributed by atoms with E-state index < -0.39 is 35.6 Å². The van der Waals surface area contributed by atoms with Crippen molar-refractivity contribution in [3.63, 3.8) is 0 Å². The zero-order chi connectivity index (χ0) is 27.3. The third kappa shape index (κ3) is 5.48. The molecule has 38 heavy (non-hydrogen) atoms. The van der Waals surface area contributed by atoms with Crippen LogP contribution in [0.15, 0.2) is 25.3 Å². The van der Waals surface area contributed by atoms with Crippen LogP contribution in [-0.4, -0.2) is 87.6 Å². The zero-order valence-electron chi connectivity index (χ0n) is 22.4. The minimum atomic E-state index is -1.08. The van der Waals surface area contributed by atoms with Crippen molar-refractivity contribution in [2.75, 3.05) is 26.3 Å². The lowest BCUT2D eigenvalue weighted by molar-refractivity contribution is -0.155. The topological polar surface area (TPSA) is 96.4 Å². The Hall–Kier alpha value is -1.71. The molecule has 3 saturated heterocycles. The number of likely N-dealkylation sites (tertiary alicyclic amines) is 1. The Morgan fingerprint density at radius 1 is 1.16 bits per heavy atom. The fraction of sp³-hybridized carbons (Fsp3) is 0.759. The molecule has 4 fully saturated rings. The first-order valence-electron chi connectivity index (χ1n) is 14.3. The molecule has 3 aliphatic heterocycles. The Morgan fingerprint density at radius 2 is 1.92 bits per heavy atom. The van der Waals surface area contributed by atoms with Gasteiger partial charge >= 0.3 is 5.97 Å². The Balaban J connectivity index is 1.63. The summed E-state index contributed by atoms with van der Waals surface area (Å²) in [4.78, 5) is 45.2. The molecule has 3 unspecified atom stereocenters. The van der Waals surface area contributed by atoms with Crippen LogP contribution in [0.1, 0.15) is 70.6 Å². The predicted octanol–water partition coefficient (Wildman–Crippen LogP) is 3.75. The molecule has 4 rings (SSSR count). The first kappa shape index (κ1) is 29.3. The second kappa shape index (κ2) is 13.1. The van der Waals surface area contributed by atoms with E-state index in [4.69, 9.17) is 9.47 Å². The van der Waals surface area contributed by atoms with Crippen LogP contribution in [0, 0.1) is 11.8 Å². The van der Waals surface area contributed by atoms with Crippen molar-refractivity contribution < 1.29 is 29.0 Å². The summed E-state index contributed by atoms with van der Waals surface area (Å²) in [6, 6.07) is -0.704. The minimum absolute atomic E-state index is 0.0166. The molecule has 0 aromatic heterocycles. The Kier molecular flexibility index (Phi) is 10.1. The number of nitrogens with zero attached hydrogens (tertiary/aromatic N) is 2. The van der Waals surface area contributed by atoms with Crippen molar-refractivity contribution >= 4 is 33.7 Å². The van der Waals surface area contributed by atoms with Crippen molar-refractivity contribution in [1.82, 2.24) is 9.80 Å². The zero-order valence-corrected chi connectivity index (χ0v) is 24.0. The van der Waals surface area contributed by atoms with Gasteiger partial charge in [-0.05, 0) is 51.4 Å². The molecule has 6 atom stereocenters. The monoisotopic (exact) mass is 594 g/mol. The highest BCUT2D eigenvalue weighted by Crippen LogP contribution is 2.60.